The van der Waals surface area contributed by atoms with Crippen molar-refractivity contribution in [1.82, 2.24) is 19.7 Å². The minimum absolute atomic E-state index is 0.0447. The van der Waals surface area contributed by atoms with Crippen molar-refractivity contribution in [2.24, 2.45) is 0 Å². The second-order valence-corrected chi connectivity index (χ2v) is 15.9. The first-order chi connectivity index (χ1) is 15.1. The van der Waals surface area contributed by atoms with Gasteiger partial charge in [-0.2, -0.15) is 0 Å². The standard InChI is InChI=1S/2C10H12N2O2.4W/c1-3-12-6-5-8-9(7-12)14-11-10(8)13-4-2;1-3-11-6-5-8-9(7-11)14-12(4-2)10(8)13;;;;/h2*5-7H2,1-2H3;;;;. The van der Waals surface area contributed by atoms with E-state index in [2.05, 4.69) is 28.8 Å². The third-order valence-corrected chi connectivity index (χ3v) is 7.91. The Bertz CT molecular complexity index is 1130. The summed E-state index contributed by atoms with van der Waals surface area (Å²) in [5.74, 6) is 2.47. The van der Waals surface area contributed by atoms with Gasteiger partial charge in [0.2, 0.25) is 0 Å². The number of nitrogens with zero attached hydrogens (tertiary/aromatic N) is 4. The van der Waals surface area contributed by atoms with Crippen molar-refractivity contribution in [3.8, 4) is 5.88 Å². The Morgan fingerprint density at radius 3 is 1.97 bits per heavy atom. The van der Waals surface area contributed by atoms with Crippen LogP contribution in [-0.4, -0.2) is 48.9 Å². The molecule has 2 aliphatic heterocycles. The van der Waals surface area contributed by atoms with Gasteiger partial charge in [0.25, 0.3) is 0 Å². The summed E-state index contributed by atoms with van der Waals surface area (Å²) in [5, 5.41) is 4.00. The molecule has 0 saturated carbocycles. The molecule has 0 bridgehead atoms. The van der Waals surface area contributed by atoms with Crippen molar-refractivity contribution in [2.45, 2.75) is 53.6 Å². The van der Waals surface area contributed by atoms with Crippen molar-refractivity contribution < 1.29 is 91.2 Å². The van der Waals surface area contributed by atoms with Crippen LogP contribution in [0.25, 0.3) is 0 Å². The Balaban J connectivity index is 0.000000181. The van der Waals surface area contributed by atoms with Gasteiger partial charge in [-0.05, 0) is 0 Å². The quantitative estimate of drug-likeness (QED) is 0.440. The van der Waals surface area contributed by atoms with Crippen LogP contribution in [0, 0.1) is 0 Å². The number of aromatic nitrogens is 2. The summed E-state index contributed by atoms with van der Waals surface area (Å²) < 4.78 is 22.7. The van der Waals surface area contributed by atoms with Gasteiger partial charge in [-0.1, -0.05) is 0 Å². The third kappa shape index (κ3) is 6.43. The second-order valence-electron chi connectivity index (χ2n) is 7.48. The number of hydrogen-bond donors (Lipinski definition) is 0. The first kappa shape index (κ1) is 26.8. The molecule has 0 amide bonds. The third-order valence-electron chi connectivity index (χ3n) is 5.16. The molecular weight excluding hydrogens is 1100 g/mol. The first-order valence-electron chi connectivity index (χ1n) is 10.00. The molecule has 0 atom stereocenters. The van der Waals surface area contributed by atoms with Crippen LogP contribution < -0.4 is 10.3 Å². The molecule has 0 aromatic carbocycles. The van der Waals surface area contributed by atoms with Crippen LogP contribution in [0.1, 0.15) is 50.3 Å². The molecule has 2 aromatic rings. The molecule has 32 heavy (non-hydrogen) atoms. The van der Waals surface area contributed by atoms with Crippen molar-refractivity contribution in [1.29, 1.82) is 0 Å². The zero-order valence-corrected chi connectivity index (χ0v) is 30.0. The summed E-state index contributed by atoms with van der Waals surface area (Å²) in [6.45, 7) is 11.7. The van der Waals surface area contributed by atoms with Gasteiger partial charge in [0.05, 0.1) is 0 Å². The Morgan fingerprint density at radius 1 is 0.875 bits per heavy atom. The number of hydrogen-bond acceptors (Lipinski definition) is 7. The van der Waals surface area contributed by atoms with Crippen LogP contribution in [0.2, 0.25) is 0 Å². The van der Waals surface area contributed by atoms with Gasteiger partial charge in [-0.15, -0.1) is 0 Å². The fourth-order valence-corrected chi connectivity index (χ4v) is 5.31. The molecule has 4 rings (SSSR count). The fraction of sp³-hybridized carbons (Fsp3) is 0.500. The number of ether oxygens (including phenoxy) is 1. The molecular formula is C20H24N4O4W4. The van der Waals surface area contributed by atoms with E-state index in [0.717, 1.165) is 69.8 Å². The maximum absolute atomic E-state index is 12.0. The zero-order chi connectivity index (χ0) is 23.6. The average molecular weight is 1120 g/mol. The fourth-order valence-electron chi connectivity index (χ4n) is 3.48. The van der Waals surface area contributed by atoms with Crippen molar-refractivity contribution in [2.75, 3.05) is 13.1 Å². The van der Waals surface area contributed by atoms with E-state index in [4.69, 9.17) is 13.8 Å². The molecule has 0 radical (unpaired) electrons. The first-order valence-corrected chi connectivity index (χ1v) is 15.9. The van der Waals surface area contributed by atoms with Gasteiger partial charge < -0.3 is 0 Å². The summed E-state index contributed by atoms with van der Waals surface area (Å²) in [6.07, 6.45) is 1.76. The van der Waals surface area contributed by atoms with E-state index >= 15 is 0 Å². The van der Waals surface area contributed by atoms with Crippen LogP contribution in [0.5, 0.6) is 5.88 Å². The minimum atomic E-state index is 0.0447. The van der Waals surface area contributed by atoms with Gasteiger partial charge in [-0.3, -0.25) is 0 Å². The molecule has 8 nitrogen and oxygen atoms in total. The number of rotatable bonds is 5. The van der Waals surface area contributed by atoms with Crippen molar-refractivity contribution in [3.63, 3.8) is 0 Å². The summed E-state index contributed by atoms with van der Waals surface area (Å²) in [7, 11) is 0. The topological polar surface area (TPSA) is 76.9 Å². The predicted molar refractivity (Wildman–Crippen MR) is 106 cm³/mol. The van der Waals surface area contributed by atoms with E-state index in [1.54, 1.807) is 0 Å². The van der Waals surface area contributed by atoms with Crippen LogP contribution >= 0.6 is 0 Å². The molecule has 12 heteroatoms. The number of fused-ring (bicyclic) bond motifs is 2. The molecule has 0 unspecified atom stereocenters. The van der Waals surface area contributed by atoms with Gasteiger partial charge >= 0.3 is 233 Å². The summed E-state index contributed by atoms with van der Waals surface area (Å²) >= 11 is 5.58. The van der Waals surface area contributed by atoms with E-state index in [-0.39, 0.29) is 5.56 Å². The van der Waals surface area contributed by atoms with Crippen LogP contribution in [0.3, 0.4) is 0 Å². The monoisotopic (exact) mass is 1120 g/mol. The molecule has 0 spiro atoms. The van der Waals surface area contributed by atoms with E-state index in [0.29, 0.717) is 5.88 Å². The molecule has 0 saturated heterocycles. The van der Waals surface area contributed by atoms with E-state index < -0.39 is 0 Å². The SMILES string of the molecule is C[C](=[W])N1CCc2c(on([C](C)=[W])c2=O)C1.C[C](=[W])Oc1noc2c1CCN([C](C)=[W])C2. The molecule has 2 aliphatic rings. The molecule has 2 aromatic heterocycles. The van der Waals surface area contributed by atoms with Crippen LogP contribution in [-0.2, 0) is 103 Å². The van der Waals surface area contributed by atoms with E-state index in [1.807, 2.05) is 13.8 Å². The van der Waals surface area contributed by atoms with Crippen molar-refractivity contribution in [3.05, 3.63) is 33.0 Å². The summed E-state index contributed by atoms with van der Waals surface area (Å²) in [6, 6.07) is 0. The Kier molecular flexibility index (Phi) is 9.82. The summed E-state index contributed by atoms with van der Waals surface area (Å²) in [4.78, 5) is 16.6. The van der Waals surface area contributed by atoms with Crippen molar-refractivity contribution >= 4 is 16.1 Å². The predicted octanol–water partition coefficient (Wildman–Crippen LogP) is 0.845. The van der Waals surface area contributed by atoms with E-state index in [9.17, 15) is 4.79 Å². The van der Waals surface area contributed by atoms with Gasteiger partial charge in [0.15, 0.2) is 0 Å². The zero-order valence-electron chi connectivity index (χ0n) is 18.3. The van der Waals surface area contributed by atoms with Gasteiger partial charge in [0.1, 0.15) is 0 Å². The Morgan fingerprint density at radius 2 is 1.44 bits per heavy atom. The maximum atomic E-state index is 12.0. The molecule has 172 valence electrons. The molecule has 4 heterocycles. The van der Waals surface area contributed by atoms with Crippen LogP contribution in [0.4, 0.5) is 0 Å². The Hall–Kier alpha value is 0.173. The Labute approximate surface area is 230 Å². The van der Waals surface area contributed by atoms with Gasteiger partial charge in [-0.25, -0.2) is 0 Å². The average Bonchev–Trinajstić information content (AvgIpc) is 3.28. The van der Waals surface area contributed by atoms with Crippen LogP contribution in [0.15, 0.2) is 13.8 Å². The molecule has 0 fully saturated rings. The normalized spacial score (nSPS) is 15.8. The molecule has 0 N–H and O–H groups in total. The van der Waals surface area contributed by atoms with Gasteiger partial charge in [0, 0.05) is 0 Å². The molecule has 0 aliphatic carbocycles. The summed E-state index contributed by atoms with van der Waals surface area (Å²) in [5.41, 5.74) is 2.06. The van der Waals surface area contributed by atoms with E-state index in [1.165, 1.54) is 90.2 Å². The second kappa shape index (κ2) is 11.7.